The molecule has 0 aromatic heterocycles. The van der Waals surface area contributed by atoms with Crippen molar-refractivity contribution in [3.63, 3.8) is 0 Å². The van der Waals surface area contributed by atoms with Crippen LogP contribution >= 0.6 is 0 Å². The van der Waals surface area contributed by atoms with Crippen LogP contribution in [0.15, 0.2) is 48.6 Å². The van der Waals surface area contributed by atoms with Gasteiger partial charge in [0.25, 0.3) is 0 Å². The van der Waals surface area contributed by atoms with E-state index in [2.05, 4.69) is 69.3 Å². The van der Waals surface area contributed by atoms with E-state index in [1.165, 1.54) is 21.9 Å². The second-order valence-electron chi connectivity index (χ2n) is 4.33. The Morgan fingerprint density at radius 2 is 1.69 bits per heavy atom. The van der Waals surface area contributed by atoms with Gasteiger partial charge < -0.3 is 0 Å². The highest BCUT2D eigenvalue weighted by Crippen LogP contribution is 2.28. The molecule has 0 aliphatic heterocycles. The van der Waals surface area contributed by atoms with Crippen molar-refractivity contribution in [3.05, 3.63) is 59.7 Å². The number of allylic oxidation sites excluding steroid dienone is 2. The lowest BCUT2D eigenvalue weighted by molar-refractivity contribution is 0.977. The van der Waals surface area contributed by atoms with E-state index >= 15 is 0 Å². The molecule has 0 fully saturated rings. The van der Waals surface area contributed by atoms with Gasteiger partial charge in [-0.2, -0.15) is 0 Å². The Hall–Kier alpha value is -1.56. The molecule has 0 N–H and O–H groups in total. The van der Waals surface area contributed by atoms with E-state index < -0.39 is 0 Å². The molecule has 1 atom stereocenters. The first kappa shape index (κ1) is 10.9. The van der Waals surface area contributed by atoms with Crippen molar-refractivity contribution in [3.8, 4) is 0 Å². The first-order valence-corrected chi connectivity index (χ1v) is 5.85. The van der Waals surface area contributed by atoms with Gasteiger partial charge >= 0.3 is 0 Å². The molecule has 0 radical (unpaired) electrons. The summed E-state index contributed by atoms with van der Waals surface area (Å²) in [7, 11) is 0. The summed E-state index contributed by atoms with van der Waals surface area (Å²) in [6, 6.07) is 13.1. The van der Waals surface area contributed by atoms with Crippen LogP contribution in [0.1, 0.15) is 30.9 Å². The van der Waals surface area contributed by atoms with E-state index in [1.807, 2.05) is 0 Å². The van der Waals surface area contributed by atoms with Gasteiger partial charge in [0.1, 0.15) is 0 Å². The van der Waals surface area contributed by atoms with Gasteiger partial charge in [0.05, 0.1) is 0 Å². The Bertz CT molecular complexity index is 521. The Labute approximate surface area is 97.6 Å². The molecule has 0 aliphatic rings. The lowest BCUT2D eigenvalue weighted by Gasteiger charge is -2.12. The Morgan fingerprint density at radius 1 is 1.00 bits per heavy atom. The maximum Gasteiger partial charge on any atom is -0.000439 e. The molecule has 1 unspecified atom stereocenters. The Balaban J connectivity index is 2.67. The van der Waals surface area contributed by atoms with Crippen molar-refractivity contribution in [2.75, 3.05) is 0 Å². The zero-order valence-electron chi connectivity index (χ0n) is 10.2. The van der Waals surface area contributed by atoms with E-state index in [0.717, 1.165) is 0 Å². The Morgan fingerprint density at radius 3 is 2.38 bits per heavy atom. The minimum atomic E-state index is 0.482. The van der Waals surface area contributed by atoms with Gasteiger partial charge in [0, 0.05) is 0 Å². The summed E-state index contributed by atoms with van der Waals surface area (Å²) >= 11 is 0. The number of benzene rings is 2. The van der Waals surface area contributed by atoms with Crippen molar-refractivity contribution < 1.29 is 0 Å². The third-order valence-electron chi connectivity index (χ3n) is 3.15. The minimum absolute atomic E-state index is 0.482. The summed E-state index contributed by atoms with van der Waals surface area (Å²) in [5.41, 5.74) is 2.77. The van der Waals surface area contributed by atoms with E-state index in [1.54, 1.807) is 0 Å². The molecule has 2 rings (SSSR count). The first-order valence-electron chi connectivity index (χ1n) is 5.85. The number of aryl methyl sites for hydroxylation is 1. The largest absolute Gasteiger partial charge is 0.0911 e. The smallest absolute Gasteiger partial charge is 0.000439 e. The highest BCUT2D eigenvalue weighted by atomic mass is 14.1. The van der Waals surface area contributed by atoms with Crippen molar-refractivity contribution in [1.82, 2.24) is 0 Å². The SMILES string of the molecule is C/C=C/C(C)c1ccc(C)c2ccccc12. The molecule has 0 heterocycles. The maximum atomic E-state index is 2.25. The van der Waals surface area contributed by atoms with Gasteiger partial charge in [-0.05, 0) is 41.7 Å². The first-order chi connectivity index (χ1) is 7.74. The number of hydrogen-bond acceptors (Lipinski definition) is 0. The molecular weight excluding hydrogens is 192 g/mol. The fourth-order valence-electron chi connectivity index (χ4n) is 2.26. The average Bonchev–Trinajstić information content (AvgIpc) is 2.30. The highest BCUT2D eigenvalue weighted by Gasteiger charge is 2.07. The number of rotatable bonds is 2. The lowest BCUT2D eigenvalue weighted by Crippen LogP contribution is -1.92. The molecular formula is C16H18. The highest BCUT2D eigenvalue weighted by molar-refractivity contribution is 5.89. The zero-order valence-corrected chi connectivity index (χ0v) is 10.2. The topological polar surface area (TPSA) is 0 Å². The van der Waals surface area contributed by atoms with Gasteiger partial charge in [0.15, 0.2) is 0 Å². The summed E-state index contributed by atoms with van der Waals surface area (Å²) in [5.74, 6) is 0.482. The van der Waals surface area contributed by atoms with Gasteiger partial charge in [-0.15, -0.1) is 0 Å². The fraction of sp³-hybridized carbons (Fsp3) is 0.250. The van der Waals surface area contributed by atoms with Gasteiger partial charge in [-0.25, -0.2) is 0 Å². The molecule has 2 aromatic rings. The third kappa shape index (κ3) is 1.88. The van der Waals surface area contributed by atoms with Crippen molar-refractivity contribution in [2.24, 2.45) is 0 Å². The second-order valence-corrected chi connectivity index (χ2v) is 4.33. The molecule has 0 aliphatic carbocycles. The molecule has 0 nitrogen and oxygen atoms in total. The molecule has 0 saturated heterocycles. The van der Waals surface area contributed by atoms with Crippen molar-refractivity contribution >= 4 is 10.8 Å². The summed E-state index contributed by atoms with van der Waals surface area (Å²) in [6.07, 6.45) is 4.37. The van der Waals surface area contributed by atoms with Gasteiger partial charge in [-0.1, -0.05) is 55.5 Å². The predicted octanol–water partition coefficient (Wildman–Crippen LogP) is 4.83. The molecule has 0 bridgehead atoms. The minimum Gasteiger partial charge on any atom is -0.0911 e. The fourth-order valence-corrected chi connectivity index (χ4v) is 2.26. The lowest BCUT2D eigenvalue weighted by atomic mass is 9.92. The second kappa shape index (κ2) is 4.52. The summed E-state index contributed by atoms with van der Waals surface area (Å²) in [4.78, 5) is 0. The monoisotopic (exact) mass is 210 g/mol. The van der Waals surface area contributed by atoms with E-state index in [4.69, 9.17) is 0 Å². The van der Waals surface area contributed by atoms with Crippen LogP contribution in [0.3, 0.4) is 0 Å². The van der Waals surface area contributed by atoms with Crippen LogP contribution in [0.4, 0.5) is 0 Å². The van der Waals surface area contributed by atoms with Crippen molar-refractivity contribution in [2.45, 2.75) is 26.7 Å². The average molecular weight is 210 g/mol. The Kier molecular flexibility index (Phi) is 3.09. The van der Waals surface area contributed by atoms with Crippen LogP contribution in [-0.4, -0.2) is 0 Å². The molecule has 0 heteroatoms. The molecule has 0 amide bonds. The van der Waals surface area contributed by atoms with Crippen molar-refractivity contribution in [1.29, 1.82) is 0 Å². The van der Waals surface area contributed by atoms with E-state index in [-0.39, 0.29) is 0 Å². The van der Waals surface area contributed by atoms with E-state index in [0.29, 0.717) is 5.92 Å². The zero-order chi connectivity index (χ0) is 11.5. The van der Waals surface area contributed by atoms with Crippen LogP contribution in [0.2, 0.25) is 0 Å². The predicted molar refractivity (Wildman–Crippen MR) is 71.9 cm³/mol. The maximum absolute atomic E-state index is 2.25. The summed E-state index contributed by atoms with van der Waals surface area (Å²) < 4.78 is 0. The van der Waals surface area contributed by atoms with Gasteiger partial charge in [0.2, 0.25) is 0 Å². The van der Waals surface area contributed by atoms with Crippen LogP contribution < -0.4 is 0 Å². The van der Waals surface area contributed by atoms with Crippen LogP contribution in [0.25, 0.3) is 10.8 Å². The van der Waals surface area contributed by atoms with Crippen LogP contribution in [0.5, 0.6) is 0 Å². The summed E-state index contributed by atoms with van der Waals surface area (Å²) in [5, 5.41) is 2.75. The number of fused-ring (bicyclic) bond motifs is 1. The van der Waals surface area contributed by atoms with E-state index in [9.17, 15) is 0 Å². The summed E-state index contributed by atoms with van der Waals surface area (Å²) in [6.45, 7) is 6.50. The van der Waals surface area contributed by atoms with Crippen LogP contribution in [-0.2, 0) is 0 Å². The van der Waals surface area contributed by atoms with Gasteiger partial charge in [-0.3, -0.25) is 0 Å². The quantitative estimate of drug-likeness (QED) is 0.623. The molecule has 16 heavy (non-hydrogen) atoms. The molecule has 0 saturated carbocycles. The third-order valence-corrected chi connectivity index (χ3v) is 3.15. The molecule has 0 spiro atoms. The molecule has 82 valence electrons. The van der Waals surface area contributed by atoms with Crippen LogP contribution in [0, 0.1) is 6.92 Å². The molecule has 2 aromatic carbocycles. The normalized spacial score (nSPS) is 13.4. The number of hydrogen-bond donors (Lipinski definition) is 0. The standard InChI is InChI=1S/C16H18/c1-4-7-12(2)15-11-10-13(3)14-8-5-6-9-16(14)15/h4-12H,1-3H3/b7-4+.